The van der Waals surface area contributed by atoms with Crippen molar-refractivity contribution >= 4 is 26.9 Å². The van der Waals surface area contributed by atoms with E-state index in [4.69, 9.17) is 9.66 Å². The fourth-order valence-corrected chi connectivity index (χ4v) is 2.40. The van der Waals surface area contributed by atoms with Gasteiger partial charge >= 0.3 is 35.5 Å². The standard InChI is InChI=1S/C11H8O5S.Na.H/c12-11(13)9-5-1-4-8-7(9)3-2-6-10(8)17(14,15)16;;/h1-6H,(H,12,13)(H,14,15,16);;/q;+1;-1. The summed E-state index contributed by atoms with van der Waals surface area (Å²) >= 11 is 0. The van der Waals surface area contributed by atoms with Gasteiger partial charge in [0.1, 0.15) is 4.90 Å². The van der Waals surface area contributed by atoms with Gasteiger partial charge in [-0.05, 0) is 17.5 Å². The van der Waals surface area contributed by atoms with E-state index in [1.165, 1.54) is 36.4 Å². The second kappa shape index (κ2) is 5.38. The van der Waals surface area contributed by atoms with Crippen LogP contribution in [0, 0.1) is 0 Å². The fourth-order valence-electron chi connectivity index (χ4n) is 1.69. The van der Waals surface area contributed by atoms with E-state index in [2.05, 4.69) is 0 Å². The third kappa shape index (κ3) is 2.73. The molecule has 0 aliphatic heterocycles. The van der Waals surface area contributed by atoms with Crippen LogP contribution in [0.5, 0.6) is 0 Å². The maximum absolute atomic E-state index is 11.1. The molecule has 0 unspecified atom stereocenters. The van der Waals surface area contributed by atoms with Gasteiger partial charge in [-0.2, -0.15) is 8.42 Å². The van der Waals surface area contributed by atoms with E-state index in [-0.39, 0.29) is 52.2 Å². The van der Waals surface area contributed by atoms with E-state index in [9.17, 15) is 13.2 Å². The van der Waals surface area contributed by atoms with Crippen molar-refractivity contribution in [3.05, 3.63) is 42.0 Å². The molecule has 0 heterocycles. The van der Waals surface area contributed by atoms with Crippen molar-refractivity contribution in [3.8, 4) is 0 Å². The molecule has 0 bridgehead atoms. The van der Waals surface area contributed by atoms with E-state index in [0.29, 0.717) is 0 Å². The molecule has 0 amide bonds. The van der Waals surface area contributed by atoms with Crippen LogP contribution in [0.2, 0.25) is 0 Å². The summed E-state index contributed by atoms with van der Waals surface area (Å²) in [6, 6.07) is 8.36. The summed E-state index contributed by atoms with van der Waals surface area (Å²) in [7, 11) is -4.36. The Labute approximate surface area is 127 Å². The number of hydrogen-bond donors (Lipinski definition) is 2. The summed E-state index contributed by atoms with van der Waals surface area (Å²) in [5, 5.41) is 9.43. The van der Waals surface area contributed by atoms with Crippen LogP contribution in [0.25, 0.3) is 10.8 Å². The first-order chi connectivity index (χ1) is 7.91. The number of benzene rings is 2. The Bertz CT molecular complexity index is 714. The quantitative estimate of drug-likeness (QED) is 0.537. The molecular formula is C11H9NaO5S. The molecule has 2 aromatic rings. The number of aromatic carboxylic acids is 1. The smallest absolute Gasteiger partial charge is 1.00 e. The molecule has 0 radical (unpaired) electrons. The summed E-state index contributed by atoms with van der Waals surface area (Å²) in [5.74, 6) is -1.15. The van der Waals surface area contributed by atoms with E-state index in [1.807, 2.05) is 0 Å². The number of rotatable bonds is 2. The Morgan fingerprint density at radius 2 is 1.61 bits per heavy atom. The second-order valence-electron chi connectivity index (χ2n) is 3.44. The Morgan fingerprint density at radius 3 is 2.17 bits per heavy atom. The summed E-state index contributed by atoms with van der Waals surface area (Å²) in [6.45, 7) is 0. The van der Waals surface area contributed by atoms with Crippen LogP contribution in [0.1, 0.15) is 11.8 Å². The number of carboxylic acids is 1. The van der Waals surface area contributed by atoms with Crippen LogP contribution in [0.15, 0.2) is 41.3 Å². The molecule has 18 heavy (non-hydrogen) atoms. The van der Waals surface area contributed by atoms with Crippen LogP contribution in [0.3, 0.4) is 0 Å². The van der Waals surface area contributed by atoms with Gasteiger partial charge in [0.2, 0.25) is 0 Å². The molecule has 0 fully saturated rings. The Kier molecular flexibility index (Phi) is 4.52. The Hall–Kier alpha value is -0.920. The predicted molar refractivity (Wildman–Crippen MR) is 61.8 cm³/mol. The van der Waals surface area contributed by atoms with Crippen LogP contribution in [-0.4, -0.2) is 24.0 Å². The van der Waals surface area contributed by atoms with Crippen molar-refractivity contribution < 1.29 is 53.9 Å². The molecule has 0 aromatic heterocycles. The van der Waals surface area contributed by atoms with Crippen molar-refractivity contribution in [2.75, 3.05) is 0 Å². The first-order valence-corrected chi connectivity index (χ1v) is 6.08. The van der Waals surface area contributed by atoms with Gasteiger partial charge in [0.25, 0.3) is 10.1 Å². The topological polar surface area (TPSA) is 91.7 Å². The molecular weight excluding hydrogens is 267 g/mol. The Balaban J connectivity index is 0.00000162. The van der Waals surface area contributed by atoms with Crippen molar-refractivity contribution in [3.63, 3.8) is 0 Å². The van der Waals surface area contributed by atoms with Gasteiger partial charge in [0, 0.05) is 5.39 Å². The molecule has 2 aromatic carbocycles. The van der Waals surface area contributed by atoms with Crippen LogP contribution < -0.4 is 29.6 Å². The van der Waals surface area contributed by atoms with Gasteiger partial charge in [-0.3, -0.25) is 4.55 Å². The summed E-state index contributed by atoms with van der Waals surface area (Å²) < 4.78 is 31.3. The molecule has 0 saturated carbocycles. The first-order valence-electron chi connectivity index (χ1n) is 4.64. The molecule has 0 atom stereocenters. The minimum absolute atomic E-state index is 0. The first kappa shape index (κ1) is 15.1. The maximum atomic E-state index is 11.1. The van der Waals surface area contributed by atoms with Crippen LogP contribution in [-0.2, 0) is 10.1 Å². The summed E-state index contributed by atoms with van der Waals surface area (Å²) in [5.41, 5.74) is -0.00648. The van der Waals surface area contributed by atoms with E-state index < -0.39 is 16.1 Å². The molecule has 0 saturated heterocycles. The van der Waals surface area contributed by atoms with Crippen molar-refractivity contribution in [1.29, 1.82) is 0 Å². The maximum Gasteiger partial charge on any atom is 1.00 e. The van der Waals surface area contributed by atoms with E-state index in [0.717, 1.165) is 0 Å². The van der Waals surface area contributed by atoms with E-state index >= 15 is 0 Å². The molecule has 0 aliphatic rings. The molecule has 2 rings (SSSR count). The average molecular weight is 276 g/mol. The van der Waals surface area contributed by atoms with Gasteiger partial charge in [-0.15, -0.1) is 0 Å². The predicted octanol–water partition coefficient (Wildman–Crippen LogP) is -1.10. The zero-order valence-electron chi connectivity index (χ0n) is 10.5. The fraction of sp³-hybridized carbons (Fsp3) is 0. The zero-order chi connectivity index (χ0) is 12.6. The molecule has 2 N–H and O–H groups in total. The van der Waals surface area contributed by atoms with Gasteiger partial charge in [0.05, 0.1) is 5.56 Å². The number of fused-ring (bicyclic) bond motifs is 1. The number of carboxylic acid groups (broad SMARTS) is 1. The molecule has 0 spiro atoms. The van der Waals surface area contributed by atoms with Crippen molar-refractivity contribution in [2.24, 2.45) is 0 Å². The molecule has 7 heteroatoms. The minimum Gasteiger partial charge on any atom is -1.00 e. The normalized spacial score (nSPS) is 10.9. The monoisotopic (exact) mass is 276 g/mol. The van der Waals surface area contributed by atoms with Gasteiger partial charge in [0.15, 0.2) is 0 Å². The molecule has 0 aliphatic carbocycles. The third-order valence-corrected chi connectivity index (χ3v) is 3.30. The van der Waals surface area contributed by atoms with Gasteiger partial charge < -0.3 is 6.53 Å². The van der Waals surface area contributed by atoms with Gasteiger partial charge in [-0.1, -0.05) is 24.3 Å². The minimum atomic E-state index is -4.36. The number of hydrogen-bond acceptors (Lipinski definition) is 3. The Morgan fingerprint density at radius 1 is 1.06 bits per heavy atom. The van der Waals surface area contributed by atoms with Crippen molar-refractivity contribution in [1.82, 2.24) is 0 Å². The third-order valence-electron chi connectivity index (χ3n) is 2.39. The SMILES string of the molecule is O=C(O)c1cccc2c(S(=O)(=O)O)cccc12.[H-].[Na+]. The molecule has 5 nitrogen and oxygen atoms in total. The van der Waals surface area contributed by atoms with Gasteiger partial charge in [-0.25, -0.2) is 4.79 Å². The zero-order valence-corrected chi connectivity index (χ0v) is 12.3. The second-order valence-corrected chi connectivity index (χ2v) is 4.83. The van der Waals surface area contributed by atoms with Crippen LogP contribution in [0.4, 0.5) is 0 Å². The summed E-state index contributed by atoms with van der Waals surface area (Å²) in [6.07, 6.45) is 0. The van der Waals surface area contributed by atoms with Crippen molar-refractivity contribution in [2.45, 2.75) is 4.90 Å². The number of carbonyl (C=O) groups is 1. The largest absolute Gasteiger partial charge is 1.00 e. The molecule has 90 valence electrons. The average Bonchev–Trinajstić information content (AvgIpc) is 2.26. The van der Waals surface area contributed by atoms with E-state index in [1.54, 1.807) is 0 Å². The summed E-state index contributed by atoms with van der Waals surface area (Å²) in [4.78, 5) is 10.7. The van der Waals surface area contributed by atoms with Crippen LogP contribution >= 0.6 is 0 Å².